The maximum atomic E-state index is 4.22. The molecular formula is C16H18N4. The van der Waals surface area contributed by atoms with E-state index in [4.69, 9.17) is 0 Å². The lowest BCUT2D eigenvalue weighted by molar-refractivity contribution is 0.791. The molecule has 0 spiro atoms. The Labute approximate surface area is 118 Å². The number of nitrogens with zero attached hydrogens (tertiary/aromatic N) is 3. The molecule has 1 aromatic carbocycles. The average Bonchev–Trinajstić information content (AvgIpc) is 3.09. The third-order valence-corrected chi connectivity index (χ3v) is 3.42. The Bertz CT molecular complexity index is 658. The van der Waals surface area contributed by atoms with Crippen LogP contribution in [-0.4, -0.2) is 14.5 Å². The zero-order valence-electron chi connectivity index (χ0n) is 11.7. The Morgan fingerprint density at radius 1 is 1.00 bits per heavy atom. The van der Waals surface area contributed by atoms with Crippen LogP contribution in [0, 0.1) is 13.8 Å². The molecule has 0 saturated heterocycles. The van der Waals surface area contributed by atoms with Crippen molar-refractivity contribution in [2.75, 3.05) is 5.43 Å². The van der Waals surface area contributed by atoms with Crippen LogP contribution in [0.25, 0.3) is 5.69 Å². The second-order valence-electron chi connectivity index (χ2n) is 4.90. The normalized spacial score (nSPS) is 10.7. The van der Waals surface area contributed by atoms with E-state index in [1.54, 1.807) is 6.20 Å². The molecule has 4 heteroatoms. The fourth-order valence-corrected chi connectivity index (χ4v) is 2.28. The molecule has 0 radical (unpaired) electrons. The van der Waals surface area contributed by atoms with Gasteiger partial charge in [-0.25, -0.2) is 4.68 Å². The largest absolute Gasteiger partial charge is 0.322 e. The molecule has 0 unspecified atom stereocenters. The second-order valence-corrected chi connectivity index (χ2v) is 4.90. The van der Waals surface area contributed by atoms with Crippen molar-refractivity contribution in [1.82, 2.24) is 14.5 Å². The lowest BCUT2D eigenvalue weighted by atomic mass is 10.2. The molecule has 0 amide bonds. The maximum Gasteiger partial charge on any atom is 0.0645 e. The summed E-state index contributed by atoms with van der Waals surface area (Å²) in [7, 11) is 0. The van der Waals surface area contributed by atoms with Gasteiger partial charge in [0.05, 0.1) is 12.2 Å². The van der Waals surface area contributed by atoms with E-state index in [0.717, 1.165) is 12.2 Å². The summed E-state index contributed by atoms with van der Waals surface area (Å²) in [5, 5.41) is 4.22. The highest BCUT2D eigenvalue weighted by atomic mass is 15.4. The predicted molar refractivity (Wildman–Crippen MR) is 80.5 cm³/mol. The summed E-state index contributed by atoms with van der Waals surface area (Å²) in [6, 6.07) is 14.6. The van der Waals surface area contributed by atoms with Crippen LogP contribution in [0.4, 0.5) is 0 Å². The number of benzene rings is 1. The maximum absolute atomic E-state index is 4.22. The number of aromatic nitrogens is 3. The molecule has 1 N–H and O–H groups in total. The van der Waals surface area contributed by atoms with E-state index in [1.807, 2.05) is 16.9 Å². The van der Waals surface area contributed by atoms with E-state index in [2.05, 4.69) is 65.4 Å². The van der Waals surface area contributed by atoms with Crippen molar-refractivity contribution >= 4 is 0 Å². The van der Waals surface area contributed by atoms with Crippen LogP contribution in [0.15, 0.2) is 54.9 Å². The molecule has 0 aliphatic carbocycles. The van der Waals surface area contributed by atoms with Crippen LogP contribution in [0.1, 0.15) is 17.0 Å². The Balaban J connectivity index is 1.70. The van der Waals surface area contributed by atoms with Gasteiger partial charge in [0.2, 0.25) is 0 Å². The third kappa shape index (κ3) is 2.45. The molecule has 0 aliphatic rings. The molecule has 0 fully saturated rings. The Morgan fingerprint density at radius 3 is 2.30 bits per heavy atom. The second kappa shape index (κ2) is 5.25. The summed E-state index contributed by atoms with van der Waals surface area (Å²) < 4.78 is 3.97. The molecule has 3 aromatic rings. The smallest absolute Gasteiger partial charge is 0.0645 e. The number of nitrogens with one attached hydrogen (secondary N) is 1. The molecule has 3 rings (SSSR count). The van der Waals surface area contributed by atoms with Crippen molar-refractivity contribution in [2.24, 2.45) is 0 Å². The Morgan fingerprint density at radius 2 is 1.70 bits per heavy atom. The van der Waals surface area contributed by atoms with Gasteiger partial charge in [-0.1, -0.05) is 12.1 Å². The molecule has 2 heterocycles. The van der Waals surface area contributed by atoms with E-state index in [9.17, 15) is 0 Å². The quantitative estimate of drug-likeness (QED) is 0.787. The molecule has 4 nitrogen and oxygen atoms in total. The van der Waals surface area contributed by atoms with Gasteiger partial charge < -0.3 is 5.43 Å². The van der Waals surface area contributed by atoms with Gasteiger partial charge in [-0.2, -0.15) is 5.10 Å². The minimum Gasteiger partial charge on any atom is -0.322 e. The lowest BCUT2D eigenvalue weighted by Gasteiger charge is -2.13. The molecule has 0 aliphatic heterocycles. The van der Waals surface area contributed by atoms with Crippen molar-refractivity contribution in [1.29, 1.82) is 0 Å². The average molecular weight is 266 g/mol. The van der Waals surface area contributed by atoms with Crippen molar-refractivity contribution in [3.05, 3.63) is 71.8 Å². The minimum absolute atomic E-state index is 0.801. The van der Waals surface area contributed by atoms with E-state index in [-0.39, 0.29) is 0 Å². The van der Waals surface area contributed by atoms with Crippen LogP contribution < -0.4 is 5.43 Å². The fourth-order valence-electron chi connectivity index (χ4n) is 2.28. The summed E-state index contributed by atoms with van der Waals surface area (Å²) in [5.41, 5.74) is 8.18. The summed E-state index contributed by atoms with van der Waals surface area (Å²) in [6.45, 7) is 5.00. The highest BCUT2D eigenvalue weighted by Gasteiger charge is 2.01. The van der Waals surface area contributed by atoms with Crippen LogP contribution in [0.2, 0.25) is 0 Å². The molecule has 0 bridgehead atoms. The highest BCUT2D eigenvalue weighted by Crippen LogP contribution is 2.10. The fraction of sp³-hybridized carbons (Fsp3) is 0.188. The first-order valence-corrected chi connectivity index (χ1v) is 6.72. The summed E-state index contributed by atoms with van der Waals surface area (Å²) in [6.07, 6.45) is 3.73. The zero-order chi connectivity index (χ0) is 13.9. The zero-order valence-corrected chi connectivity index (χ0v) is 11.7. The van der Waals surface area contributed by atoms with Crippen LogP contribution in [-0.2, 0) is 6.54 Å². The monoisotopic (exact) mass is 266 g/mol. The first-order chi connectivity index (χ1) is 9.74. The van der Waals surface area contributed by atoms with Crippen LogP contribution in [0.3, 0.4) is 0 Å². The molecular weight excluding hydrogens is 248 g/mol. The molecule has 0 atom stereocenters. The Kier molecular flexibility index (Phi) is 3.29. The topological polar surface area (TPSA) is 34.8 Å². The molecule has 0 saturated carbocycles. The van der Waals surface area contributed by atoms with Crippen molar-refractivity contribution in [3.8, 4) is 5.69 Å². The number of hydrogen-bond acceptors (Lipinski definition) is 2. The SMILES string of the molecule is Cc1ccc(C)n1NCc1ccc(-n2cccn2)cc1. The van der Waals surface area contributed by atoms with E-state index in [1.165, 1.54) is 17.0 Å². The number of hydrogen-bond donors (Lipinski definition) is 1. The molecule has 2 aromatic heterocycles. The van der Waals surface area contributed by atoms with Gasteiger partial charge in [0.25, 0.3) is 0 Å². The summed E-state index contributed by atoms with van der Waals surface area (Å²) in [4.78, 5) is 0. The first kappa shape index (κ1) is 12.5. The van der Waals surface area contributed by atoms with Gasteiger partial charge in [0, 0.05) is 23.8 Å². The van der Waals surface area contributed by atoms with E-state index >= 15 is 0 Å². The summed E-state index contributed by atoms with van der Waals surface area (Å²) in [5.74, 6) is 0. The van der Waals surface area contributed by atoms with Gasteiger partial charge in [-0.05, 0) is 49.7 Å². The highest BCUT2D eigenvalue weighted by molar-refractivity contribution is 5.34. The molecule has 20 heavy (non-hydrogen) atoms. The van der Waals surface area contributed by atoms with Crippen LogP contribution >= 0.6 is 0 Å². The van der Waals surface area contributed by atoms with Gasteiger partial charge in [0.15, 0.2) is 0 Å². The first-order valence-electron chi connectivity index (χ1n) is 6.72. The van der Waals surface area contributed by atoms with Gasteiger partial charge in [-0.3, -0.25) is 4.68 Å². The van der Waals surface area contributed by atoms with Gasteiger partial charge >= 0.3 is 0 Å². The molecule has 102 valence electrons. The number of aryl methyl sites for hydroxylation is 2. The van der Waals surface area contributed by atoms with Gasteiger partial charge in [-0.15, -0.1) is 0 Å². The number of rotatable bonds is 4. The van der Waals surface area contributed by atoms with Crippen molar-refractivity contribution < 1.29 is 0 Å². The third-order valence-electron chi connectivity index (χ3n) is 3.42. The lowest BCUT2D eigenvalue weighted by Crippen LogP contribution is -2.16. The van der Waals surface area contributed by atoms with Gasteiger partial charge in [0.1, 0.15) is 0 Å². The van der Waals surface area contributed by atoms with Crippen LogP contribution in [0.5, 0.6) is 0 Å². The van der Waals surface area contributed by atoms with Crippen molar-refractivity contribution in [2.45, 2.75) is 20.4 Å². The van der Waals surface area contributed by atoms with E-state index < -0.39 is 0 Å². The van der Waals surface area contributed by atoms with Crippen molar-refractivity contribution in [3.63, 3.8) is 0 Å². The Hall–Kier alpha value is -2.49. The minimum atomic E-state index is 0.801. The van der Waals surface area contributed by atoms with E-state index in [0.29, 0.717) is 0 Å². The predicted octanol–water partition coefficient (Wildman–Crippen LogP) is 3.03. The standard InChI is InChI=1S/C16H18N4/c1-13-4-5-14(2)20(13)18-12-15-6-8-16(9-7-15)19-11-3-10-17-19/h3-11,18H,12H2,1-2H3. The summed E-state index contributed by atoms with van der Waals surface area (Å²) >= 11 is 0.